The Hall–Kier alpha value is -0.270. The molecule has 0 aliphatic carbocycles. The molecule has 3 rings (SSSR count). The van der Waals surface area contributed by atoms with Crippen molar-refractivity contribution in [3.8, 4) is 0 Å². The zero-order valence-corrected chi connectivity index (χ0v) is 13.7. The Kier molecular flexibility index (Phi) is 5.92. The first-order valence-corrected chi connectivity index (χ1v) is 8.09. The first kappa shape index (κ1) is 17.8. The van der Waals surface area contributed by atoms with Crippen molar-refractivity contribution in [2.45, 2.75) is 25.6 Å². The van der Waals surface area contributed by atoms with Gasteiger partial charge < -0.3 is 9.73 Å². The van der Waals surface area contributed by atoms with Crippen molar-refractivity contribution in [3.63, 3.8) is 0 Å². The van der Waals surface area contributed by atoms with Gasteiger partial charge in [-0.1, -0.05) is 0 Å². The van der Waals surface area contributed by atoms with Crippen molar-refractivity contribution in [1.82, 2.24) is 10.2 Å². The van der Waals surface area contributed by atoms with E-state index in [1.54, 1.807) is 0 Å². The Balaban J connectivity index is 0.000001000. The van der Waals surface area contributed by atoms with Gasteiger partial charge in [-0.3, -0.25) is 4.90 Å². The number of fused-ring (bicyclic) bond motifs is 1. The molecule has 20 heavy (non-hydrogen) atoms. The molecule has 116 valence electrons. The third-order valence-electron chi connectivity index (χ3n) is 3.75. The highest BCUT2D eigenvalue weighted by atomic mass is 35.5. The van der Waals surface area contributed by atoms with E-state index in [1.807, 2.05) is 19.1 Å². The van der Waals surface area contributed by atoms with Crippen LogP contribution in [0.4, 0.5) is 0 Å². The molecule has 2 saturated heterocycles. The van der Waals surface area contributed by atoms with Gasteiger partial charge in [-0.15, -0.1) is 24.8 Å². The highest BCUT2D eigenvalue weighted by molar-refractivity contribution is 7.91. The van der Waals surface area contributed by atoms with E-state index in [4.69, 9.17) is 4.42 Å². The van der Waals surface area contributed by atoms with Gasteiger partial charge in [0.05, 0.1) is 18.1 Å². The van der Waals surface area contributed by atoms with Gasteiger partial charge in [0.2, 0.25) is 0 Å². The van der Waals surface area contributed by atoms with Crippen LogP contribution in [0.25, 0.3) is 0 Å². The van der Waals surface area contributed by atoms with Gasteiger partial charge >= 0.3 is 0 Å². The molecule has 0 radical (unpaired) electrons. The molecule has 3 heterocycles. The Bertz CT molecular complexity index is 547. The van der Waals surface area contributed by atoms with Crippen LogP contribution in [0.5, 0.6) is 0 Å². The van der Waals surface area contributed by atoms with Gasteiger partial charge in [-0.05, 0) is 19.1 Å². The van der Waals surface area contributed by atoms with E-state index in [0.29, 0.717) is 6.54 Å². The predicted molar refractivity (Wildman–Crippen MR) is 82.6 cm³/mol. The van der Waals surface area contributed by atoms with E-state index in [0.717, 1.165) is 24.6 Å². The van der Waals surface area contributed by atoms with Crippen LogP contribution in [0.3, 0.4) is 0 Å². The molecule has 1 N–H and O–H groups in total. The Morgan fingerprint density at radius 1 is 1.35 bits per heavy atom. The number of hydrogen-bond acceptors (Lipinski definition) is 5. The Labute approximate surface area is 131 Å². The summed E-state index contributed by atoms with van der Waals surface area (Å²) in [7, 11) is -2.88. The average Bonchev–Trinajstić information content (AvgIpc) is 2.81. The van der Waals surface area contributed by atoms with Crippen LogP contribution < -0.4 is 5.32 Å². The van der Waals surface area contributed by atoms with Crippen LogP contribution in [-0.4, -0.2) is 50.0 Å². The third kappa shape index (κ3) is 3.68. The third-order valence-corrected chi connectivity index (χ3v) is 5.47. The SMILES string of the molecule is Cc1ccc(CN2CCNC3CS(=O)(=O)CC32)o1.Cl.Cl. The molecular weight excluding hydrogens is 323 g/mol. The number of aryl methyl sites for hydroxylation is 1. The van der Waals surface area contributed by atoms with Crippen molar-refractivity contribution < 1.29 is 12.8 Å². The average molecular weight is 343 g/mol. The molecule has 0 bridgehead atoms. The number of nitrogens with one attached hydrogen (secondary N) is 1. The number of rotatable bonds is 2. The number of piperazine rings is 1. The van der Waals surface area contributed by atoms with Gasteiger partial charge in [0.25, 0.3) is 0 Å². The fourth-order valence-corrected chi connectivity index (χ4v) is 4.90. The molecule has 5 nitrogen and oxygen atoms in total. The molecule has 0 saturated carbocycles. The van der Waals surface area contributed by atoms with E-state index in [2.05, 4.69) is 10.2 Å². The Morgan fingerprint density at radius 3 is 2.75 bits per heavy atom. The number of hydrogen-bond donors (Lipinski definition) is 1. The highest BCUT2D eigenvalue weighted by Gasteiger charge is 2.42. The lowest BCUT2D eigenvalue weighted by Crippen LogP contribution is -2.56. The topological polar surface area (TPSA) is 62.6 Å². The van der Waals surface area contributed by atoms with Gasteiger partial charge in [-0.25, -0.2) is 8.42 Å². The molecular formula is C12H20Cl2N2O3S. The van der Waals surface area contributed by atoms with Crippen LogP contribution in [0.2, 0.25) is 0 Å². The van der Waals surface area contributed by atoms with Crippen LogP contribution in [0, 0.1) is 6.92 Å². The van der Waals surface area contributed by atoms with Gasteiger partial charge in [-0.2, -0.15) is 0 Å². The van der Waals surface area contributed by atoms with Crippen LogP contribution in [0.1, 0.15) is 11.5 Å². The van der Waals surface area contributed by atoms with Crippen molar-refractivity contribution in [2.75, 3.05) is 24.6 Å². The zero-order chi connectivity index (χ0) is 12.8. The lowest BCUT2D eigenvalue weighted by atomic mass is 10.1. The second-order valence-corrected chi connectivity index (χ2v) is 7.34. The van der Waals surface area contributed by atoms with Gasteiger partial charge in [0.1, 0.15) is 11.5 Å². The first-order valence-electron chi connectivity index (χ1n) is 6.27. The summed E-state index contributed by atoms with van der Waals surface area (Å²) in [5, 5.41) is 3.31. The maximum atomic E-state index is 11.7. The molecule has 2 unspecified atom stereocenters. The number of sulfone groups is 1. The van der Waals surface area contributed by atoms with Gasteiger partial charge in [0.15, 0.2) is 9.84 Å². The monoisotopic (exact) mass is 342 g/mol. The van der Waals surface area contributed by atoms with E-state index in [-0.39, 0.29) is 48.4 Å². The normalized spacial score (nSPS) is 28.2. The molecule has 8 heteroatoms. The summed E-state index contributed by atoms with van der Waals surface area (Å²) in [6.45, 7) is 4.34. The zero-order valence-electron chi connectivity index (χ0n) is 11.2. The van der Waals surface area contributed by atoms with E-state index in [1.165, 1.54) is 0 Å². The molecule has 2 aliphatic heterocycles. The van der Waals surface area contributed by atoms with E-state index >= 15 is 0 Å². The predicted octanol–water partition coefficient (Wildman–Crippen LogP) is 1.00. The summed E-state index contributed by atoms with van der Waals surface area (Å²) >= 11 is 0. The molecule has 2 atom stereocenters. The van der Waals surface area contributed by atoms with Crippen LogP contribution >= 0.6 is 24.8 Å². The molecule has 1 aromatic heterocycles. The van der Waals surface area contributed by atoms with Crippen LogP contribution in [-0.2, 0) is 16.4 Å². The standard InChI is InChI=1S/C12H18N2O3S.2ClH/c1-9-2-3-10(17-9)6-14-5-4-13-11-7-18(15,16)8-12(11)14;;/h2-3,11-13H,4-8H2,1H3;2*1H. The lowest BCUT2D eigenvalue weighted by Gasteiger charge is -2.36. The van der Waals surface area contributed by atoms with Crippen molar-refractivity contribution in [1.29, 1.82) is 0 Å². The summed E-state index contributed by atoms with van der Waals surface area (Å²) in [6, 6.07) is 4.09. The molecule has 0 spiro atoms. The molecule has 1 aromatic rings. The minimum absolute atomic E-state index is 0. The number of nitrogens with zero attached hydrogens (tertiary/aromatic N) is 1. The first-order chi connectivity index (χ1) is 8.53. The largest absolute Gasteiger partial charge is 0.465 e. The van der Waals surface area contributed by atoms with Crippen LogP contribution in [0.15, 0.2) is 16.5 Å². The molecule has 0 aromatic carbocycles. The smallest absolute Gasteiger partial charge is 0.153 e. The molecule has 2 fully saturated rings. The van der Waals surface area contributed by atoms with Crippen molar-refractivity contribution >= 4 is 34.7 Å². The Morgan fingerprint density at radius 2 is 2.10 bits per heavy atom. The van der Waals surface area contributed by atoms with Crippen molar-refractivity contribution in [2.24, 2.45) is 0 Å². The molecule has 2 aliphatic rings. The quantitative estimate of drug-likeness (QED) is 0.868. The lowest BCUT2D eigenvalue weighted by molar-refractivity contribution is 0.131. The van der Waals surface area contributed by atoms with Crippen molar-refractivity contribution in [3.05, 3.63) is 23.7 Å². The number of halogens is 2. The summed E-state index contributed by atoms with van der Waals surface area (Å²) in [5.74, 6) is 2.35. The van der Waals surface area contributed by atoms with E-state index in [9.17, 15) is 8.42 Å². The minimum Gasteiger partial charge on any atom is -0.465 e. The number of furan rings is 1. The second-order valence-electron chi connectivity index (χ2n) is 5.19. The summed E-state index contributed by atoms with van der Waals surface area (Å²) in [4.78, 5) is 2.23. The fraction of sp³-hybridized carbons (Fsp3) is 0.667. The maximum Gasteiger partial charge on any atom is 0.153 e. The summed E-state index contributed by atoms with van der Waals surface area (Å²) in [6.07, 6.45) is 0. The summed E-state index contributed by atoms with van der Waals surface area (Å²) in [5.41, 5.74) is 0. The van der Waals surface area contributed by atoms with E-state index < -0.39 is 9.84 Å². The minimum atomic E-state index is -2.88. The maximum absolute atomic E-state index is 11.7. The molecule has 0 amide bonds. The fourth-order valence-electron chi connectivity index (χ4n) is 2.91. The highest BCUT2D eigenvalue weighted by Crippen LogP contribution is 2.23. The summed E-state index contributed by atoms with van der Waals surface area (Å²) < 4.78 is 29.0. The second kappa shape index (κ2) is 6.66. The van der Waals surface area contributed by atoms with Gasteiger partial charge in [0, 0.05) is 25.2 Å².